The Hall–Kier alpha value is -1.89. The molecule has 1 aromatic heterocycles. The van der Waals surface area contributed by atoms with E-state index in [0.29, 0.717) is 25.4 Å². The van der Waals surface area contributed by atoms with Crippen molar-refractivity contribution in [2.24, 2.45) is 13.0 Å². The van der Waals surface area contributed by atoms with Gasteiger partial charge < -0.3 is 19.5 Å². The summed E-state index contributed by atoms with van der Waals surface area (Å²) in [6.07, 6.45) is 7.02. The molecule has 1 saturated carbocycles. The molecule has 0 aromatic carbocycles. The number of hydrogen-bond donors (Lipinski definition) is 1. The average molecular weight is 320 g/mol. The molecule has 1 aliphatic heterocycles. The lowest BCUT2D eigenvalue weighted by Crippen LogP contribution is -2.52. The summed E-state index contributed by atoms with van der Waals surface area (Å²) >= 11 is 0. The van der Waals surface area contributed by atoms with Gasteiger partial charge in [0.1, 0.15) is 18.5 Å². The zero-order valence-electron chi connectivity index (χ0n) is 13.7. The quantitative estimate of drug-likeness (QED) is 0.834. The van der Waals surface area contributed by atoms with Crippen LogP contribution in [0.5, 0.6) is 0 Å². The molecule has 1 saturated heterocycles. The van der Waals surface area contributed by atoms with E-state index in [4.69, 9.17) is 4.74 Å². The van der Waals surface area contributed by atoms with Crippen LogP contribution in [0.15, 0.2) is 12.4 Å². The number of piperidine rings is 1. The largest absolute Gasteiger partial charge is 0.371 e. The minimum atomic E-state index is -0.247. The fraction of sp³-hybridized carbons (Fsp3) is 0.688. The Morgan fingerprint density at radius 1 is 1.39 bits per heavy atom. The van der Waals surface area contributed by atoms with Gasteiger partial charge >= 0.3 is 0 Å². The van der Waals surface area contributed by atoms with Crippen LogP contribution >= 0.6 is 0 Å². The normalized spacial score (nSPS) is 24.8. The molecule has 0 radical (unpaired) electrons. The molecule has 2 fully saturated rings. The number of carbonyl (C=O) groups is 2. The minimum absolute atomic E-state index is 0.0773. The molecule has 2 atom stereocenters. The number of rotatable bonds is 6. The fourth-order valence-electron chi connectivity index (χ4n) is 3.06. The van der Waals surface area contributed by atoms with Crippen molar-refractivity contribution in [1.29, 1.82) is 0 Å². The Bertz CT molecular complexity index is 582. The molecular weight excluding hydrogens is 296 g/mol. The lowest BCUT2D eigenvalue weighted by atomic mass is 9.95. The van der Waals surface area contributed by atoms with Crippen LogP contribution in [0.4, 0.5) is 0 Å². The third kappa shape index (κ3) is 3.72. The van der Waals surface area contributed by atoms with E-state index < -0.39 is 0 Å². The van der Waals surface area contributed by atoms with E-state index in [-0.39, 0.29) is 30.5 Å². The number of nitrogens with one attached hydrogen (secondary N) is 1. The Morgan fingerprint density at radius 3 is 2.83 bits per heavy atom. The molecule has 2 heterocycles. The Morgan fingerprint density at radius 2 is 2.17 bits per heavy atom. The predicted octanol–water partition coefficient (Wildman–Crippen LogP) is 0.625. The summed E-state index contributed by atoms with van der Waals surface area (Å²) in [7, 11) is 3.66. The summed E-state index contributed by atoms with van der Waals surface area (Å²) in [5.74, 6) is 1.37. The highest BCUT2D eigenvalue weighted by atomic mass is 16.5. The lowest BCUT2D eigenvalue weighted by molar-refractivity contribution is -0.138. The van der Waals surface area contributed by atoms with Crippen LogP contribution in [0, 0.1) is 5.92 Å². The number of hydrogen-bond acceptors (Lipinski definition) is 4. The van der Waals surface area contributed by atoms with E-state index in [0.717, 1.165) is 5.82 Å². The van der Waals surface area contributed by atoms with Gasteiger partial charge in [-0.15, -0.1) is 0 Å². The number of likely N-dealkylation sites (N-methyl/N-ethyl adjacent to an activating group) is 1. The molecule has 0 bridgehead atoms. The first-order valence-corrected chi connectivity index (χ1v) is 8.16. The summed E-state index contributed by atoms with van der Waals surface area (Å²) in [6, 6.07) is -0.389. The summed E-state index contributed by atoms with van der Waals surface area (Å²) in [5.41, 5.74) is 0. The van der Waals surface area contributed by atoms with Crippen LogP contribution < -0.4 is 5.32 Å². The van der Waals surface area contributed by atoms with Gasteiger partial charge in [0.15, 0.2) is 0 Å². The van der Waals surface area contributed by atoms with E-state index in [1.54, 1.807) is 18.1 Å². The topological polar surface area (TPSA) is 76.5 Å². The highest BCUT2D eigenvalue weighted by Gasteiger charge is 2.37. The molecule has 0 unspecified atom stereocenters. The van der Waals surface area contributed by atoms with Gasteiger partial charge in [0, 0.05) is 32.9 Å². The van der Waals surface area contributed by atoms with Crippen molar-refractivity contribution < 1.29 is 14.3 Å². The first kappa shape index (κ1) is 16.0. The van der Waals surface area contributed by atoms with E-state index in [9.17, 15) is 9.59 Å². The number of carbonyl (C=O) groups excluding carboxylic acids is 2. The zero-order chi connectivity index (χ0) is 16.4. The molecule has 23 heavy (non-hydrogen) atoms. The molecular formula is C16H24N4O3. The number of likely N-dealkylation sites (tertiary alicyclic amines) is 1. The highest BCUT2D eigenvalue weighted by molar-refractivity contribution is 5.80. The Balaban J connectivity index is 1.64. The molecule has 7 nitrogen and oxygen atoms in total. The monoisotopic (exact) mass is 320 g/mol. The van der Waals surface area contributed by atoms with Gasteiger partial charge in [-0.25, -0.2) is 4.98 Å². The van der Waals surface area contributed by atoms with Crippen LogP contribution in [0.3, 0.4) is 0 Å². The second-order valence-corrected chi connectivity index (χ2v) is 6.52. The molecule has 1 aliphatic carbocycles. The van der Waals surface area contributed by atoms with Gasteiger partial charge in [-0.05, 0) is 25.2 Å². The molecule has 2 amide bonds. The SMILES string of the molecule is CN1C(=O)CC[C@@H](NC(=O)COCC2CC2)[C@@H]1c1nccn1C. The predicted molar refractivity (Wildman–Crippen MR) is 83.4 cm³/mol. The van der Waals surface area contributed by atoms with Gasteiger partial charge in [-0.1, -0.05) is 0 Å². The summed E-state index contributed by atoms with van der Waals surface area (Å²) < 4.78 is 7.34. The maximum atomic E-state index is 12.1. The van der Waals surface area contributed by atoms with Gasteiger partial charge in [0.2, 0.25) is 11.8 Å². The average Bonchev–Trinajstić information content (AvgIpc) is 3.24. The second kappa shape index (κ2) is 6.70. The third-order valence-corrected chi connectivity index (χ3v) is 4.61. The van der Waals surface area contributed by atoms with Crippen molar-refractivity contribution in [1.82, 2.24) is 19.8 Å². The molecule has 1 aromatic rings. The van der Waals surface area contributed by atoms with Gasteiger partial charge in [0.05, 0.1) is 12.6 Å². The van der Waals surface area contributed by atoms with E-state index >= 15 is 0 Å². The van der Waals surface area contributed by atoms with Crippen LogP contribution in [0.2, 0.25) is 0 Å². The van der Waals surface area contributed by atoms with Crippen molar-refractivity contribution in [2.75, 3.05) is 20.3 Å². The smallest absolute Gasteiger partial charge is 0.246 e. The molecule has 1 N–H and O–H groups in total. The van der Waals surface area contributed by atoms with Crippen molar-refractivity contribution >= 4 is 11.8 Å². The van der Waals surface area contributed by atoms with E-state index in [2.05, 4.69) is 10.3 Å². The van der Waals surface area contributed by atoms with Crippen molar-refractivity contribution in [2.45, 2.75) is 37.8 Å². The Labute approximate surface area is 136 Å². The van der Waals surface area contributed by atoms with E-state index in [1.807, 2.05) is 17.8 Å². The molecule has 2 aliphatic rings. The van der Waals surface area contributed by atoms with E-state index in [1.165, 1.54) is 12.8 Å². The van der Waals surface area contributed by atoms with Gasteiger partial charge in [-0.3, -0.25) is 9.59 Å². The molecule has 0 spiro atoms. The van der Waals surface area contributed by atoms with Gasteiger partial charge in [0.25, 0.3) is 0 Å². The standard InChI is InChI=1S/C16H24N4O3/c1-19-8-7-17-16(19)15-12(5-6-14(22)20(15)2)18-13(21)10-23-9-11-3-4-11/h7-8,11-12,15H,3-6,9-10H2,1-2H3,(H,18,21)/t12-,15-/m1/s1. The third-order valence-electron chi connectivity index (χ3n) is 4.61. The van der Waals surface area contributed by atoms with Crippen molar-refractivity contribution in [3.05, 3.63) is 18.2 Å². The number of nitrogens with zero attached hydrogens (tertiary/aromatic N) is 3. The number of imidazole rings is 1. The van der Waals surface area contributed by atoms with Crippen LogP contribution in [0.25, 0.3) is 0 Å². The second-order valence-electron chi connectivity index (χ2n) is 6.52. The first-order valence-electron chi connectivity index (χ1n) is 8.16. The van der Waals surface area contributed by atoms with Crippen molar-refractivity contribution in [3.63, 3.8) is 0 Å². The zero-order valence-corrected chi connectivity index (χ0v) is 13.7. The van der Waals surface area contributed by atoms with Crippen LogP contribution in [-0.2, 0) is 21.4 Å². The molecule has 7 heteroatoms. The van der Waals surface area contributed by atoms with Gasteiger partial charge in [-0.2, -0.15) is 0 Å². The summed E-state index contributed by atoms with van der Waals surface area (Å²) in [4.78, 5) is 30.2. The Kier molecular flexibility index (Phi) is 4.66. The number of amides is 2. The first-order chi connectivity index (χ1) is 11.1. The molecule has 126 valence electrons. The number of aromatic nitrogens is 2. The maximum absolute atomic E-state index is 12.1. The van der Waals surface area contributed by atoms with Crippen LogP contribution in [-0.4, -0.2) is 52.6 Å². The van der Waals surface area contributed by atoms with Crippen LogP contribution in [0.1, 0.15) is 37.5 Å². The van der Waals surface area contributed by atoms with Crippen molar-refractivity contribution in [3.8, 4) is 0 Å². The minimum Gasteiger partial charge on any atom is -0.371 e. The summed E-state index contributed by atoms with van der Waals surface area (Å²) in [6.45, 7) is 0.747. The highest BCUT2D eigenvalue weighted by Crippen LogP contribution is 2.30. The fourth-order valence-corrected chi connectivity index (χ4v) is 3.06. The number of ether oxygens (including phenoxy) is 1. The summed E-state index contributed by atoms with van der Waals surface area (Å²) in [5, 5.41) is 3.02. The molecule has 3 rings (SSSR count). The lowest BCUT2D eigenvalue weighted by Gasteiger charge is -2.38. The maximum Gasteiger partial charge on any atom is 0.246 e. The number of aryl methyl sites for hydroxylation is 1.